The van der Waals surface area contributed by atoms with E-state index in [2.05, 4.69) is 40.6 Å². The minimum atomic E-state index is -0.340. The van der Waals surface area contributed by atoms with Crippen molar-refractivity contribution in [3.8, 4) is 11.5 Å². The van der Waals surface area contributed by atoms with Crippen molar-refractivity contribution in [3.63, 3.8) is 0 Å². The van der Waals surface area contributed by atoms with Gasteiger partial charge in [0.2, 0.25) is 11.0 Å². The van der Waals surface area contributed by atoms with Crippen LogP contribution < -0.4 is 20.3 Å². The molecule has 164 valence electrons. The molecule has 0 aliphatic rings. The minimum absolute atomic E-state index is 0.0742. The predicted octanol–water partition coefficient (Wildman–Crippen LogP) is 4.11. The van der Waals surface area contributed by atoms with Crippen LogP contribution in [-0.4, -0.2) is 33.8 Å². The summed E-state index contributed by atoms with van der Waals surface area (Å²) in [5, 5.41) is 12.1. The zero-order valence-electron chi connectivity index (χ0n) is 18.0. The smallest absolute Gasteiger partial charge is 0.316 e. The zero-order valence-corrected chi connectivity index (χ0v) is 18.8. The van der Waals surface area contributed by atoms with E-state index in [4.69, 9.17) is 9.47 Å². The number of hydrogen-bond donors (Lipinski definition) is 1. The lowest BCUT2D eigenvalue weighted by molar-refractivity contribution is 0.404. The Balaban J connectivity index is 1.70. The van der Waals surface area contributed by atoms with Gasteiger partial charge in [-0.2, -0.15) is 4.68 Å². The van der Waals surface area contributed by atoms with Crippen molar-refractivity contribution >= 4 is 23.3 Å². The molecule has 32 heavy (non-hydrogen) atoms. The summed E-state index contributed by atoms with van der Waals surface area (Å²) in [6, 6.07) is 17.2. The highest BCUT2D eigenvalue weighted by atomic mass is 32.2. The van der Waals surface area contributed by atoms with Crippen LogP contribution in [0, 0.1) is 6.92 Å². The van der Waals surface area contributed by atoms with Gasteiger partial charge < -0.3 is 14.8 Å². The van der Waals surface area contributed by atoms with E-state index in [0.29, 0.717) is 28.1 Å². The average Bonchev–Trinajstić information content (AvgIpc) is 3.33. The molecule has 4 aromatic rings. The standard InChI is InChI=1S/C23H23N5O3S/c1-16-7-6-8-17(13-16)15-32-23-26-25-21(22(29)28(23)27-11-4-5-12-27)24-19-14-18(30-2)9-10-20(19)31-3/h4-14H,15H2,1-3H3,(H,24,25). The van der Waals surface area contributed by atoms with E-state index in [-0.39, 0.29) is 11.4 Å². The van der Waals surface area contributed by atoms with E-state index in [9.17, 15) is 4.79 Å². The van der Waals surface area contributed by atoms with Gasteiger partial charge in [-0.1, -0.05) is 41.6 Å². The van der Waals surface area contributed by atoms with Crippen LogP contribution in [0.5, 0.6) is 11.5 Å². The van der Waals surface area contributed by atoms with Crippen LogP contribution in [0.2, 0.25) is 0 Å². The largest absolute Gasteiger partial charge is 0.497 e. The molecule has 2 aromatic carbocycles. The maximum absolute atomic E-state index is 13.4. The van der Waals surface area contributed by atoms with Crippen LogP contribution in [-0.2, 0) is 5.75 Å². The van der Waals surface area contributed by atoms with Gasteiger partial charge in [0.1, 0.15) is 11.5 Å². The fourth-order valence-corrected chi connectivity index (χ4v) is 4.06. The molecular weight excluding hydrogens is 426 g/mol. The molecule has 0 atom stereocenters. The first kappa shape index (κ1) is 21.5. The number of methoxy groups -OCH3 is 2. The molecule has 0 saturated carbocycles. The molecule has 9 heteroatoms. The second kappa shape index (κ2) is 9.61. The first-order valence-electron chi connectivity index (χ1n) is 9.90. The number of anilines is 2. The van der Waals surface area contributed by atoms with Crippen LogP contribution in [0.1, 0.15) is 11.1 Å². The number of nitrogens with zero attached hydrogens (tertiary/aromatic N) is 4. The first-order chi connectivity index (χ1) is 15.6. The van der Waals surface area contributed by atoms with Gasteiger partial charge in [0.15, 0.2) is 0 Å². The van der Waals surface area contributed by atoms with Gasteiger partial charge in [-0.3, -0.25) is 9.47 Å². The number of aryl methyl sites for hydroxylation is 1. The monoisotopic (exact) mass is 449 g/mol. The van der Waals surface area contributed by atoms with E-state index in [1.165, 1.54) is 22.0 Å². The highest BCUT2D eigenvalue weighted by Crippen LogP contribution is 2.30. The van der Waals surface area contributed by atoms with Gasteiger partial charge in [-0.25, -0.2) is 0 Å². The van der Waals surface area contributed by atoms with Crippen molar-refractivity contribution in [2.75, 3.05) is 19.5 Å². The van der Waals surface area contributed by atoms with Crippen LogP contribution in [0.3, 0.4) is 0 Å². The van der Waals surface area contributed by atoms with E-state index in [0.717, 1.165) is 5.56 Å². The van der Waals surface area contributed by atoms with E-state index >= 15 is 0 Å². The van der Waals surface area contributed by atoms with Crippen LogP contribution in [0.15, 0.2) is 76.9 Å². The maximum atomic E-state index is 13.4. The topological polar surface area (TPSA) is 83.2 Å². The summed E-state index contributed by atoms with van der Waals surface area (Å²) in [7, 11) is 3.13. The molecule has 0 radical (unpaired) electrons. The summed E-state index contributed by atoms with van der Waals surface area (Å²) in [4.78, 5) is 13.4. The Bertz CT molecular complexity index is 1270. The number of ether oxygens (including phenoxy) is 2. The quantitative estimate of drug-likeness (QED) is 0.405. The van der Waals surface area contributed by atoms with E-state index in [1.807, 2.05) is 18.2 Å². The maximum Gasteiger partial charge on any atom is 0.316 e. The molecule has 2 aromatic heterocycles. The predicted molar refractivity (Wildman–Crippen MR) is 125 cm³/mol. The minimum Gasteiger partial charge on any atom is -0.497 e. The molecule has 0 aliphatic carbocycles. The Morgan fingerprint density at radius 2 is 1.81 bits per heavy atom. The Morgan fingerprint density at radius 3 is 2.53 bits per heavy atom. The summed E-state index contributed by atoms with van der Waals surface area (Å²) in [5.41, 5.74) is 2.54. The summed E-state index contributed by atoms with van der Waals surface area (Å²) in [6.45, 7) is 2.05. The molecule has 2 heterocycles. The Kier molecular flexibility index (Phi) is 6.46. The normalized spacial score (nSPS) is 10.7. The molecule has 0 amide bonds. The molecule has 0 bridgehead atoms. The lowest BCUT2D eigenvalue weighted by atomic mass is 10.2. The van der Waals surface area contributed by atoms with Crippen LogP contribution in [0.25, 0.3) is 0 Å². The van der Waals surface area contributed by atoms with Crippen LogP contribution >= 0.6 is 11.8 Å². The highest BCUT2D eigenvalue weighted by molar-refractivity contribution is 7.98. The summed E-state index contributed by atoms with van der Waals surface area (Å²) < 4.78 is 13.9. The lowest BCUT2D eigenvalue weighted by Crippen LogP contribution is -2.30. The third kappa shape index (κ3) is 4.62. The summed E-state index contributed by atoms with van der Waals surface area (Å²) in [6.07, 6.45) is 3.57. The molecule has 0 aliphatic heterocycles. The third-order valence-electron chi connectivity index (χ3n) is 4.74. The van der Waals surface area contributed by atoms with Crippen molar-refractivity contribution in [2.45, 2.75) is 17.8 Å². The highest BCUT2D eigenvalue weighted by Gasteiger charge is 2.16. The lowest BCUT2D eigenvalue weighted by Gasteiger charge is -2.15. The molecule has 4 rings (SSSR count). The Hall–Kier alpha value is -3.72. The van der Waals surface area contributed by atoms with Crippen LogP contribution in [0.4, 0.5) is 11.5 Å². The summed E-state index contributed by atoms with van der Waals surface area (Å²) in [5.74, 6) is 1.91. The first-order valence-corrected chi connectivity index (χ1v) is 10.9. The molecule has 0 unspecified atom stereocenters. The number of thioether (sulfide) groups is 1. The number of hydrogen-bond acceptors (Lipinski definition) is 7. The molecule has 8 nitrogen and oxygen atoms in total. The fourth-order valence-electron chi connectivity index (χ4n) is 3.19. The second-order valence-corrected chi connectivity index (χ2v) is 7.92. The second-order valence-electron chi connectivity index (χ2n) is 6.98. The van der Waals surface area contributed by atoms with Crippen molar-refractivity contribution in [1.29, 1.82) is 0 Å². The van der Waals surface area contributed by atoms with Gasteiger partial charge in [-0.15, -0.1) is 10.2 Å². The Labute approximate surface area is 189 Å². The number of rotatable bonds is 8. The average molecular weight is 450 g/mol. The van der Waals surface area contributed by atoms with E-state index < -0.39 is 0 Å². The Morgan fingerprint density at radius 1 is 1.00 bits per heavy atom. The number of aromatic nitrogens is 4. The molecule has 0 fully saturated rings. The number of benzene rings is 2. The van der Waals surface area contributed by atoms with Crippen molar-refractivity contribution in [2.24, 2.45) is 0 Å². The van der Waals surface area contributed by atoms with Gasteiger partial charge in [0, 0.05) is 24.2 Å². The molecular formula is C23H23N5O3S. The van der Waals surface area contributed by atoms with Gasteiger partial charge >= 0.3 is 5.56 Å². The number of nitrogens with one attached hydrogen (secondary N) is 1. The SMILES string of the molecule is COc1ccc(OC)c(Nc2nnc(SCc3cccc(C)c3)n(-n3cccc3)c2=O)c1. The molecule has 1 N–H and O–H groups in total. The zero-order chi connectivity index (χ0) is 22.5. The van der Waals surface area contributed by atoms with Gasteiger partial charge in [0.25, 0.3) is 0 Å². The molecule has 0 saturated heterocycles. The van der Waals surface area contributed by atoms with E-state index in [1.54, 1.807) is 49.5 Å². The summed E-state index contributed by atoms with van der Waals surface area (Å²) >= 11 is 1.45. The van der Waals surface area contributed by atoms with Gasteiger partial charge in [-0.05, 0) is 36.8 Å². The van der Waals surface area contributed by atoms with Gasteiger partial charge in [0.05, 0.1) is 19.9 Å². The van der Waals surface area contributed by atoms with Crippen molar-refractivity contribution in [1.82, 2.24) is 19.5 Å². The van der Waals surface area contributed by atoms with Crippen molar-refractivity contribution < 1.29 is 9.47 Å². The molecule has 0 spiro atoms. The van der Waals surface area contributed by atoms with Crippen molar-refractivity contribution in [3.05, 3.63) is 88.5 Å². The third-order valence-corrected chi connectivity index (χ3v) is 5.73. The fraction of sp³-hybridized carbons (Fsp3) is 0.174.